The lowest BCUT2D eigenvalue weighted by molar-refractivity contribution is -0.163. The van der Waals surface area contributed by atoms with Gasteiger partial charge >= 0.3 is 5.97 Å². The molecule has 1 N–H and O–H groups in total. The maximum atomic E-state index is 10.9. The second kappa shape index (κ2) is 3.51. The molecule has 0 aromatic carbocycles. The van der Waals surface area contributed by atoms with E-state index in [2.05, 4.69) is 0 Å². The number of rotatable bonds is 2. The molecule has 0 aliphatic carbocycles. The summed E-state index contributed by atoms with van der Waals surface area (Å²) in [6.07, 6.45) is 2.54. The van der Waals surface area contributed by atoms with Gasteiger partial charge in [0.25, 0.3) is 0 Å². The molecule has 2 aliphatic heterocycles. The van der Waals surface area contributed by atoms with E-state index < -0.39 is 11.6 Å². The number of carbonyl (C=O) groups is 1. The second-order valence-electron chi connectivity index (χ2n) is 4.35. The van der Waals surface area contributed by atoms with Crippen LogP contribution in [0.5, 0.6) is 0 Å². The maximum absolute atomic E-state index is 10.9. The third kappa shape index (κ3) is 1.64. The average molecular weight is 200 g/mol. The molecule has 2 heterocycles. The van der Waals surface area contributed by atoms with E-state index in [1.807, 2.05) is 0 Å². The summed E-state index contributed by atoms with van der Waals surface area (Å²) in [7, 11) is 0. The third-order valence-corrected chi connectivity index (χ3v) is 3.26. The van der Waals surface area contributed by atoms with Gasteiger partial charge < -0.3 is 14.6 Å². The number of hydrogen-bond acceptors (Lipinski definition) is 3. The second-order valence-corrected chi connectivity index (χ2v) is 4.35. The van der Waals surface area contributed by atoms with Gasteiger partial charge in [-0.25, -0.2) is 4.79 Å². The van der Waals surface area contributed by atoms with Crippen LogP contribution in [0.2, 0.25) is 0 Å². The first-order valence-electron chi connectivity index (χ1n) is 5.11. The van der Waals surface area contributed by atoms with Gasteiger partial charge in [-0.05, 0) is 26.2 Å². The normalized spacial score (nSPS) is 42.9. The van der Waals surface area contributed by atoms with Crippen LogP contribution in [-0.4, -0.2) is 36.0 Å². The van der Waals surface area contributed by atoms with Crippen LogP contribution in [0.4, 0.5) is 0 Å². The monoisotopic (exact) mass is 200 g/mol. The summed E-state index contributed by atoms with van der Waals surface area (Å²) < 4.78 is 10.9. The van der Waals surface area contributed by atoms with Crippen molar-refractivity contribution >= 4 is 5.97 Å². The molecule has 4 nitrogen and oxygen atoms in total. The average Bonchev–Trinajstić information content (AvgIpc) is 2.72. The number of carboxylic acids is 1. The van der Waals surface area contributed by atoms with Gasteiger partial charge in [-0.1, -0.05) is 0 Å². The molecule has 2 aliphatic rings. The van der Waals surface area contributed by atoms with Crippen molar-refractivity contribution in [2.45, 2.75) is 37.9 Å². The zero-order valence-electron chi connectivity index (χ0n) is 8.36. The number of aliphatic carboxylic acids is 1. The van der Waals surface area contributed by atoms with Gasteiger partial charge in [0.05, 0.1) is 12.7 Å². The topological polar surface area (TPSA) is 55.8 Å². The first-order chi connectivity index (χ1) is 6.62. The van der Waals surface area contributed by atoms with E-state index >= 15 is 0 Å². The lowest BCUT2D eigenvalue weighted by Gasteiger charge is -2.22. The van der Waals surface area contributed by atoms with Gasteiger partial charge in [0.15, 0.2) is 5.60 Å². The van der Waals surface area contributed by atoms with E-state index in [0.717, 1.165) is 26.1 Å². The van der Waals surface area contributed by atoms with Crippen molar-refractivity contribution in [3.63, 3.8) is 0 Å². The molecule has 2 rings (SSSR count). The molecular formula is C10H16O4. The molecule has 0 aromatic heterocycles. The largest absolute Gasteiger partial charge is 0.479 e. The van der Waals surface area contributed by atoms with Crippen molar-refractivity contribution in [1.82, 2.24) is 0 Å². The van der Waals surface area contributed by atoms with Crippen molar-refractivity contribution in [3.8, 4) is 0 Å². The molecule has 14 heavy (non-hydrogen) atoms. The van der Waals surface area contributed by atoms with Crippen LogP contribution in [0.15, 0.2) is 0 Å². The summed E-state index contributed by atoms with van der Waals surface area (Å²) in [4.78, 5) is 10.9. The standard InChI is InChI=1S/C10H16O4/c1-10(9(11)12)4-2-8(14-10)7-3-5-13-6-7/h7-8H,2-6H2,1H3,(H,11,12). The predicted octanol–water partition coefficient (Wildman–Crippen LogP) is 1.05. The SMILES string of the molecule is CC1(C(=O)O)CCC(C2CCOC2)O1. The lowest BCUT2D eigenvalue weighted by Crippen LogP contribution is -2.36. The molecule has 0 spiro atoms. The fourth-order valence-electron chi connectivity index (χ4n) is 2.20. The van der Waals surface area contributed by atoms with Gasteiger partial charge in [0.1, 0.15) is 0 Å². The minimum atomic E-state index is -0.965. The molecule has 0 aromatic rings. The van der Waals surface area contributed by atoms with Crippen molar-refractivity contribution in [2.75, 3.05) is 13.2 Å². The summed E-state index contributed by atoms with van der Waals surface area (Å²) in [5, 5.41) is 8.98. The molecular weight excluding hydrogens is 184 g/mol. The maximum Gasteiger partial charge on any atom is 0.335 e. The minimum absolute atomic E-state index is 0.0820. The summed E-state index contributed by atoms with van der Waals surface area (Å²) in [6.45, 7) is 3.17. The quantitative estimate of drug-likeness (QED) is 0.723. The highest BCUT2D eigenvalue weighted by Gasteiger charge is 2.45. The number of carboxylic acid groups (broad SMARTS) is 1. The highest BCUT2D eigenvalue weighted by molar-refractivity contribution is 5.77. The molecule has 3 atom stereocenters. The lowest BCUT2D eigenvalue weighted by atomic mass is 9.97. The zero-order chi connectivity index (χ0) is 10.2. The molecule has 3 unspecified atom stereocenters. The smallest absolute Gasteiger partial charge is 0.335 e. The number of hydrogen-bond donors (Lipinski definition) is 1. The van der Waals surface area contributed by atoms with Crippen LogP contribution >= 0.6 is 0 Å². The van der Waals surface area contributed by atoms with Crippen LogP contribution in [-0.2, 0) is 14.3 Å². The molecule has 80 valence electrons. The van der Waals surface area contributed by atoms with E-state index in [4.69, 9.17) is 14.6 Å². The fraction of sp³-hybridized carbons (Fsp3) is 0.900. The minimum Gasteiger partial charge on any atom is -0.479 e. The fourth-order valence-corrected chi connectivity index (χ4v) is 2.20. The van der Waals surface area contributed by atoms with Crippen molar-refractivity contribution in [1.29, 1.82) is 0 Å². The third-order valence-electron chi connectivity index (χ3n) is 3.26. The van der Waals surface area contributed by atoms with Crippen molar-refractivity contribution in [2.24, 2.45) is 5.92 Å². The molecule has 2 saturated heterocycles. The predicted molar refractivity (Wildman–Crippen MR) is 49.1 cm³/mol. The van der Waals surface area contributed by atoms with Gasteiger partial charge in [0.2, 0.25) is 0 Å². The zero-order valence-corrected chi connectivity index (χ0v) is 8.36. The molecule has 0 radical (unpaired) electrons. The Morgan fingerprint density at radius 1 is 1.50 bits per heavy atom. The summed E-state index contributed by atoms with van der Waals surface area (Å²) in [5.74, 6) is -0.449. The van der Waals surface area contributed by atoms with Crippen molar-refractivity contribution < 1.29 is 19.4 Å². The van der Waals surface area contributed by atoms with Crippen molar-refractivity contribution in [3.05, 3.63) is 0 Å². The summed E-state index contributed by atoms with van der Waals surface area (Å²) >= 11 is 0. The van der Waals surface area contributed by atoms with Crippen LogP contribution in [0.25, 0.3) is 0 Å². The van der Waals surface area contributed by atoms with Crippen LogP contribution in [0.3, 0.4) is 0 Å². The molecule has 0 bridgehead atoms. The molecule has 4 heteroatoms. The van der Waals surface area contributed by atoms with Gasteiger partial charge in [-0.2, -0.15) is 0 Å². The van der Waals surface area contributed by atoms with Crippen LogP contribution in [0, 0.1) is 5.92 Å². The Morgan fingerprint density at radius 3 is 2.79 bits per heavy atom. The van der Waals surface area contributed by atoms with Gasteiger partial charge in [-0.3, -0.25) is 0 Å². The highest BCUT2D eigenvalue weighted by Crippen LogP contribution is 2.36. The highest BCUT2D eigenvalue weighted by atomic mass is 16.5. The van der Waals surface area contributed by atoms with Gasteiger partial charge in [-0.15, -0.1) is 0 Å². The Morgan fingerprint density at radius 2 is 2.29 bits per heavy atom. The molecule has 0 amide bonds. The Kier molecular flexibility index (Phi) is 2.49. The van der Waals surface area contributed by atoms with Crippen LogP contribution < -0.4 is 0 Å². The van der Waals surface area contributed by atoms with E-state index in [1.165, 1.54) is 0 Å². The summed E-state index contributed by atoms with van der Waals surface area (Å²) in [6, 6.07) is 0. The number of ether oxygens (including phenoxy) is 2. The van der Waals surface area contributed by atoms with E-state index in [9.17, 15) is 4.79 Å². The van der Waals surface area contributed by atoms with E-state index in [1.54, 1.807) is 6.92 Å². The summed E-state index contributed by atoms with van der Waals surface area (Å²) in [5.41, 5.74) is -0.965. The Labute approximate surface area is 83.2 Å². The Balaban J connectivity index is 1.96. The Bertz CT molecular complexity index is 234. The first kappa shape index (κ1) is 9.93. The Hall–Kier alpha value is -0.610. The van der Waals surface area contributed by atoms with E-state index in [-0.39, 0.29) is 6.10 Å². The van der Waals surface area contributed by atoms with Crippen LogP contribution in [0.1, 0.15) is 26.2 Å². The molecule has 0 saturated carbocycles. The molecule has 2 fully saturated rings. The van der Waals surface area contributed by atoms with E-state index in [0.29, 0.717) is 12.3 Å². The first-order valence-corrected chi connectivity index (χ1v) is 5.11. The van der Waals surface area contributed by atoms with Gasteiger partial charge in [0, 0.05) is 12.5 Å².